The lowest BCUT2D eigenvalue weighted by atomic mass is 9.97. The normalized spacial score (nSPS) is 20.3. The Morgan fingerprint density at radius 1 is 1.10 bits per heavy atom. The molecule has 29 heavy (non-hydrogen) atoms. The molecule has 0 saturated carbocycles. The minimum atomic E-state index is -1.63. The molecule has 0 N–H and O–H groups in total. The molecule has 2 aliphatic heterocycles. The number of likely N-dealkylation sites (N-methyl/N-ethyl adjacent to an activating group) is 1. The molecule has 0 spiro atoms. The number of rotatable bonds is 4. The fourth-order valence-electron chi connectivity index (χ4n) is 3.86. The number of fused-ring (bicyclic) bond motifs is 3. The summed E-state index contributed by atoms with van der Waals surface area (Å²) in [5.74, 6) is -2.58. The zero-order valence-corrected chi connectivity index (χ0v) is 15.6. The number of amides is 2. The first-order valence-electron chi connectivity index (χ1n) is 9.02. The van der Waals surface area contributed by atoms with Crippen LogP contribution in [0.2, 0.25) is 0 Å². The van der Waals surface area contributed by atoms with Crippen LogP contribution >= 0.6 is 0 Å². The second-order valence-electron chi connectivity index (χ2n) is 6.93. The molecule has 0 unspecified atom stereocenters. The van der Waals surface area contributed by atoms with Gasteiger partial charge in [-0.25, -0.2) is 9.18 Å². The molecule has 2 aromatic carbocycles. The van der Waals surface area contributed by atoms with Gasteiger partial charge in [-0.2, -0.15) is 0 Å². The van der Waals surface area contributed by atoms with Gasteiger partial charge in [-0.3, -0.25) is 19.3 Å². The minimum absolute atomic E-state index is 0.0615. The van der Waals surface area contributed by atoms with Crippen LogP contribution in [0, 0.1) is 5.82 Å². The van der Waals surface area contributed by atoms with E-state index in [1.165, 1.54) is 29.0 Å². The van der Waals surface area contributed by atoms with Gasteiger partial charge in [0, 0.05) is 25.5 Å². The molecule has 8 heteroatoms. The molecule has 0 radical (unpaired) electrons. The number of ether oxygens (including phenoxy) is 1. The molecule has 4 rings (SSSR count). The van der Waals surface area contributed by atoms with E-state index >= 15 is 0 Å². The lowest BCUT2D eigenvalue weighted by Crippen LogP contribution is -2.67. The number of carbonyl (C=O) groups is 4. The van der Waals surface area contributed by atoms with Crippen LogP contribution in [0.15, 0.2) is 48.5 Å². The summed E-state index contributed by atoms with van der Waals surface area (Å²) in [7, 11) is 1.44. The maximum absolute atomic E-state index is 13.1. The lowest BCUT2D eigenvalue weighted by molar-refractivity contribution is -0.155. The molecule has 2 amide bonds. The van der Waals surface area contributed by atoms with Gasteiger partial charge >= 0.3 is 5.97 Å². The minimum Gasteiger partial charge on any atom is -0.454 e. The molecule has 7 nitrogen and oxygen atoms in total. The SMILES string of the molecule is CN1C(=O)c2ccccc2N2C(=O)CC[C@@]12C(=O)OCC(=O)c1ccc(F)cc1. The molecule has 2 aliphatic rings. The monoisotopic (exact) mass is 396 g/mol. The van der Waals surface area contributed by atoms with Gasteiger partial charge in [0.15, 0.2) is 12.4 Å². The molecule has 2 heterocycles. The summed E-state index contributed by atoms with van der Waals surface area (Å²) in [4.78, 5) is 53.3. The second kappa shape index (κ2) is 6.80. The van der Waals surface area contributed by atoms with Crippen LogP contribution in [0.1, 0.15) is 33.6 Å². The molecule has 2 aromatic rings. The van der Waals surface area contributed by atoms with Crippen LogP contribution in [0.5, 0.6) is 0 Å². The van der Waals surface area contributed by atoms with E-state index in [1.54, 1.807) is 24.3 Å². The predicted octanol–water partition coefficient (Wildman–Crippen LogP) is 2.16. The van der Waals surface area contributed by atoms with Gasteiger partial charge in [-0.05, 0) is 36.4 Å². The van der Waals surface area contributed by atoms with Gasteiger partial charge in [0.1, 0.15) is 5.82 Å². The molecular formula is C21H17FN2O5. The number of anilines is 1. The third-order valence-electron chi connectivity index (χ3n) is 5.37. The Kier molecular flexibility index (Phi) is 4.41. The number of ketones is 1. The number of benzene rings is 2. The first kappa shape index (κ1) is 18.8. The summed E-state index contributed by atoms with van der Waals surface area (Å²) in [5.41, 5.74) is -0.781. The molecule has 1 saturated heterocycles. The molecule has 1 atom stereocenters. The smallest absolute Gasteiger partial charge is 0.354 e. The number of para-hydroxylation sites is 1. The zero-order valence-electron chi connectivity index (χ0n) is 15.6. The van der Waals surface area contributed by atoms with E-state index in [0.29, 0.717) is 11.3 Å². The highest BCUT2D eigenvalue weighted by molar-refractivity contribution is 6.15. The van der Waals surface area contributed by atoms with Crippen LogP contribution in [-0.2, 0) is 14.3 Å². The maximum Gasteiger partial charge on any atom is 0.354 e. The largest absolute Gasteiger partial charge is 0.454 e. The number of nitrogens with zero attached hydrogens (tertiary/aromatic N) is 2. The molecule has 148 valence electrons. The van der Waals surface area contributed by atoms with Crippen molar-refractivity contribution >= 4 is 29.3 Å². The standard InChI is InChI=1S/C21H17FN2O5/c1-23-19(27)15-4-2-3-5-16(15)24-18(26)10-11-21(23,24)20(28)29-12-17(25)13-6-8-14(22)9-7-13/h2-9H,10-12H2,1H3/t21-/m1/s1. The Morgan fingerprint density at radius 2 is 1.79 bits per heavy atom. The van der Waals surface area contributed by atoms with Crippen molar-refractivity contribution in [3.05, 3.63) is 65.5 Å². The van der Waals surface area contributed by atoms with Gasteiger partial charge < -0.3 is 9.64 Å². The Hall–Kier alpha value is -3.55. The average molecular weight is 396 g/mol. The number of halogens is 1. The third kappa shape index (κ3) is 2.79. The van der Waals surface area contributed by atoms with Crippen molar-refractivity contribution in [2.45, 2.75) is 18.5 Å². The van der Waals surface area contributed by atoms with E-state index < -0.39 is 35.7 Å². The highest BCUT2D eigenvalue weighted by Gasteiger charge is 2.60. The van der Waals surface area contributed by atoms with Crippen molar-refractivity contribution in [1.29, 1.82) is 0 Å². The second-order valence-corrected chi connectivity index (χ2v) is 6.93. The van der Waals surface area contributed by atoms with E-state index in [0.717, 1.165) is 12.1 Å². The van der Waals surface area contributed by atoms with E-state index in [9.17, 15) is 23.6 Å². The first-order valence-corrected chi connectivity index (χ1v) is 9.02. The fourth-order valence-corrected chi connectivity index (χ4v) is 3.86. The highest BCUT2D eigenvalue weighted by Crippen LogP contribution is 2.44. The van der Waals surface area contributed by atoms with Crippen LogP contribution in [0.3, 0.4) is 0 Å². The molecule has 0 bridgehead atoms. The molecule has 0 aromatic heterocycles. The van der Waals surface area contributed by atoms with E-state index in [2.05, 4.69) is 0 Å². The zero-order chi connectivity index (χ0) is 20.8. The van der Waals surface area contributed by atoms with Crippen molar-refractivity contribution in [2.24, 2.45) is 0 Å². The number of Topliss-reactive ketones (excluding diaryl/α,β-unsaturated/α-hetero) is 1. The van der Waals surface area contributed by atoms with E-state index in [4.69, 9.17) is 4.74 Å². The Morgan fingerprint density at radius 3 is 2.52 bits per heavy atom. The molecular weight excluding hydrogens is 379 g/mol. The summed E-state index contributed by atoms with van der Waals surface area (Å²) < 4.78 is 18.3. The number of hydrogen-bond donors (Lipinski definition) is 0. The Balaban J connectivity index is 1.63. The fraction of sp³-hybridized carbons (Fsp3) is 0.238. The van der Waals surface area contributed by atoms with Gasteiger partial charge in [-0.1, -0.05) is 12.1 Å². The van der Waals surface area contributed by atoms with Gasteiger partial charge in [0.2, 0.25) is 11.6 Å². The summed E-state index contributed by atoms with van der Waals surface area (Å²) in [6, 6.07) is 11.4. The van der Waals surface area contributed by atoms with E-state index in [-0.39, 0.29) is 24.3 Å². The van der Waals surface area contributed by atoms with Crippen LogP contribution in [-0.4, -0.2) is 47.8 Å². The molecule has 0 aliphatic carbocycles. The summed E-state index contributed by atoms with van der Waals surface area (Å²) >= 11 is 0. The third-order valence-corrected chi connectivity index (χ3v) is 5.37. The first-order chi connectivity index (χ1) is 13.9. The number of hydrogen-bond acceptors (Lipinski definition) is 5. The number of esters is 1. The quantitative estimate of drug-likeness (QED) is 0.584. The van der Waals surface area contributed by atoms with Crippen molar-refractivity contribution in [2.75, 3.05) is 18.6 Å². The highest BCUT2D eigenvalue weighted by atomic mass is 19.1. The average Bonchev–Trinajstić information content (AvgIpc) is 3.09. The summed E-state index contributed by atoms with van der Waals surface area (Å²) in [5, 5.41) is 0. The summed E-state index contributed by atoms with van der Waals surface area (Å²) in [6.45, 7) is -0.585. The molecule has 1 fully saturated rings. The van der Waals surface area contributed by atoms with Gasteiger partial charge in [-0.15, -0.1) is 0 Å². The lowest BCUT2D eigenvalue weighted by Gasteiger charge is -2.46. The van der Waals surface area contributed by atoms with Crippen molar-refractivity contribution in [1.82, 2.24) is 4.90 Å². The Labute approximate surface area is 165 Å². The van der Waals surface area contributed by atoms with Crippen LogP contribution in [0.25, 0.3) is 0 Å². The van der Waals surface area contributed by atoms with Crippen molar-refractivity contribution in [3.63, 3.8) is 0 Å². The number of carbonyl (C=O) groups excluding carboxylic acids is 4. The van der Waals surface area contributed by atoms with E-state index in [1.807, 2.05) is 0 Å². The van der Waals surface area contributed by atoms with Gasteiger partial charge in [0.25, 0.3) is 5.91 Å². The van der Waals surface area contributed by atoms with Crippen molar-refractivity contribution in [3.8, 4) is 0 Å². The topological polar surface area (TPSA) is 84.0 Å². The predicted molar refractivity (Wildman–Crippen MR) is 99.7 cm³/mol. The summed E-state index contributed by atoms with van der Waals surface area (Å²) in [6.07, 6.45) is 0.124. The Bertz CT molecular complexity index is 1040. The van der Waals surface area contributed by atoms with Crippen molar-refractivity contribution < 1.29 is 28.3 Å². The maximum atomic E-state index is 13.1. The van der Waals surface area contributed by atoms with Crippen LogP contribution in [0.4, 0.5) is 10.1 Å². The van der Waals surface area contributed by atoms with Crippen LogP contribution < -0.4 is 4.90 Å². The van der Waals surface area contributed by atoms with Gasteiger partial charge in [0.05, 0.1) is 11.3 Å².